The van der Waals surface area contributed by atoms with E-state index in [4.69, 9.17) is 4.74 Å². The molecule has 2 fully saturated rings. The average Bonchev–Trinajstić information content (AvgIpc) is 2.48. The molecule has 1 N–H and O–H groups in total. The van der Waals surface area contributed by atoms with Crippen molar-refractivity contribution in [1.82, 2.24) is 10.2 Å². The van der Waals surface area contributed by atoms with Gasteiger partial charge in [-0.1, -0.05) is 6.42 Å². The molecule has 0 radical (unpaired) electrons. The van der Waals surface area contributed by atoms with Crippen LogP contribution in [0.1, 0.15) is 25.7 Å². The number of hydrogen-bond donors (Lipinski definition) is 1. The smallest absolute Gasteiger partial charge is 0.0826 e. The Kier molecular flexibility index (Phi) is 4.22. The van der Waals surface area contributed by atoms with Crippen LogP contribution in [0.4, 0.5) is 0 Å². The van der Waals surface area contributed by atoms with Crippen molar-refractivity contribution >= 4 is 0 Å². The Balaban J connectivity index is 1.71. The van der Waals surface area contributed by atoms with Crippen molar-refractivity contribution in [3.05, 3.63) is 0 Å². The van der Waals surface area contributed by atoms with E-state index in [1.54, 1.807) is 0 Å². The van der Waals surface area contributed by atoms with Crippen molar-refractivity contribution in [2.45, 2.75) is 31.8 Å². The van der Waals surface area contributed by atoms with E-state index >= 15 is 0 Å². The number of nitrogens with one attached hydrogen (secondary N) is 1. The van der Waals surface area contributed by atoms with Crippen molar-refractivity contribution < 1.29 is 4.74 Å². The summed E-state index contributed by atoms with van der Waals surface area (Å²) in [5.41, 5.74) is 0. The summed E-state index contributed by atoms with van der Waals surface area (Å²) in [6, 6.07) is 0. The lowest BCUT2D eigenvalue weighted by atomic mass is 10.1. The topological polar surface area (TPSA) is 24.5 Å². The first kappa shape index (κ1) is 10.4. The van der Waals surface area contributed by atoms with Crippen LogP contribution in [0.15, 0.2) is 0 Å². The Morgan fingerprint density at radius 2 is 2.00 bits per heavy atom. The first-order valence-corrected chi connectivity index (χ1v) is 6.00. The molecule has 0 aromatic rings. The highest BCUT2D eigenvalue weighted by Gasteiger charge is 2.17. The van der Waals surface area contributed by atoms with Crippen LogP contribution >= 0.6 is 0 Å². The molecule has 0 spiro atoms. The molecule has 3 heteroatoms. The van der Waals surface area contributed by atoms with Crippen molar-refractivity contribution in [2.75, 3.05) is 39.3 Å². The molecule has 0 saturated carbocycles. The monoisotopic (exact) mass is 198 g/mol. The molecule has 2 rings (SSSR count). The number of nitrogens with zero attached hydrogens (tertiary/aromatic N) is 1. The lowest BCUT2D eigenvalue weighted by Crippen LogP contribution is -2.41. The van der Waals surface area contributed by atoms with E-state index in [1.807, 2.05) is 0 Å². The van der Waals surface area contributed by atoms with Gasteiger partial charge in [-0.3, -0.25) is 0 Å². The highest BCUT2D eigenvalue weighted by atomic mass is 16.5. The molecule has 2 heterocycles. The van der Waals surface area contributed by atoms with E-state index in [0.717, 1.165) is 32.7 Å². The Morgan fingerprint density at radius 3 is 2.86 bits per heavy atom. The molecule has 0 unspecified atom stereocenters. The highest BCUT2D eigenvalue weighted by molar-refractivity contribution is 4.73. The normalized spacial score (nSPS) is 31.3. The minimum atomic E-state index is 0.426. The number of hydrogen-bond acceptors (Lipinski definition) is 3. The van der Waals surface area contributed by atoms with Gasteiger partial charge in [-0.25, -0.2) is 0 Å². The molecule has 0 amide bonds. The minimum absolute atomic E-state index is 0.426. The minimum Gasteiger partial charge on any atom is -0.376 e. The van der Waals surface area contributed by atoms with Gasteiger partial charge < -0.3 is 15.0 Å². The van der Waals surface area contributed by atoms with Crippen LogP contribution in [0.5, 0.6) is 0 Å². The van der Waals surface area contributed by atoms with Crippen molar-refractivity contribution in [2.24, 2.45) is 0 Å². The maximum Gasteiger partial charge on any atom is 0.0826 e. The first-order valence-electron chi connectivity index (χ1n) is 6.00. The third-order valence-corrected chi connectivity index (χ3v) is 3.13. The third kappa shape index (κ3) is 3.23. The Labute approximate surface area is 86.8 Å². The highest BCUT2D eigenvalue weighted by Crippen LogP contribution is 2.10. The summed E-state index contributed by atoms with van der Waals surface area (Å²) >= 11 is 0. The number of rotatable bonds is 2. The molecular formula is C11H22N2O. The molecule has 2 aliphatic rings. The van der Waals surface area contributed by atoms with Crippen LogP contribution in [0.3, 0.4) is 0 Å². The van der Waals surface area contributed by atoms with E-state index < -0.39 is 0 Å². The summed E-state index contributed by atoms with van der Waals surface area (Å²) in [5, 5.41) is 3.44. The average molecular weight is 198 g/mol. The van der Waals surface area contributed by atoms with Gasteiger partial charge in [0.2, 0.25) is 0 Å². The van der Waals surface area contributed by atoms with Gasteiger partial charge in [0, 0.05) is 19.7 Å². The molecule has 2 aliphatic heterocycles. The van der Waals surface area contributed by atoms with Crippen LogP contribution < -0.4 is 5.32 Å². The van der Waals surface area contributed by atoms with Crippen LogP contribution in [0, 0.1) is 0 Å². The van der Waals surface area contributed by atoms with E-state index in [1.165, 1.54) is 32.4 Å². The zero-order valence-corrected chi connectivity index (χ0v) is 9.00. The maximum atomic E-state index is 5.80. The predicted octanol–water partition coefficient (Wildman–Crippen LogP) is 0.851. The summed E-state index contributed by atoms with van der Waals surface area (Å²) in [4.78, 5) is 2.56. The van der Waals surface area contributed by atoms with E-state index in [-0.39, 0.29) is 0 Å². The zero-order valence-electron chi connectivity index (χ0n) is 9.00. The lowest BCUT2D eigenvalue weighted by molar-refractivity contribution is 0.0334. The largest absolute Gasteiger partial charge is 0.376 e. The van der Waals surface area contributed by atoms with Crippen molar-refractivity contribution in [3.8, 4) is 0 Å². The summed E-state index contributed by atoms with van der Waals surface area (Å²) in [7, 11) is 0. The van der Waals surface area contributed by atoms with Crippen molar-refractivity contribution in [1.29, 1.82) is 0 Å². The Bertz CT molecular complexity index is 149. The fraction of sp³-hybridized carbons (Fsp3) is 1.00. The Hall–Kier alpha value is -0.120. The molecule has 3 nitrogen and oxygen atoms in total. The number of ether oxygens (including phenoxy) is 1. The van der Waals surface area contributed by atoms with Gasteiger partial charge in [0.25, 0.3) is 0 Å². The third-order valence-electron chi connectivity index (χ3n) is 3.13. The van der Waals surface area contributed by atoms with Crippen LogP contribution in [-0.4, -0.2) is 50.3 Å². The molecule has 14 heavy (non-hydrogen) atoms. The number of likely N-dealkylation sites (tertiary alicyclic amines) is 1. The van der Waals surface area contributed by atoms with Gasteiger partial charge in [-0.15, -0.1) is 0 Å². The van der Waals surface area contributed by atoms with E-state index in [9.17, 15) is 0 Å². The Morgan fingerprint density at radius 1 is 1.14 bits per heavy atom. The van der Waals surface area contributed by atoms with Gasteiger partial charge in [0.05, 0.1) is 6.10 Å². The number of piperidine rings is 1. The van der Waals surface area contributed by atoms with Gasteiger partial charge in [-0.05, 0) is 38.9 Å². The lowest BCUT2D eigenvalue weighted by Gasteiger charge is -2.29. The molecule has 0 aromatic heterocycles. The molecule has 82 valence electrons. The maximum absolute atomic E-state index is 5.80. The van der Waals surface area contributed by atoms with Crippen LogP contribution in [0.25, 0.3) is 0 Å². The van der Waals surface area contributed by atoms with Crippen LogP contribution in [-0.2, 0) is 4.74 Å². The fourth-order valence-corrected chi connectivity index (χ4v) is 2.32. The standard InChI is InChI=1S/C11H22N2O/c1-2-6-13(7-3-1)10-11-9-12-5-4-8-14-11/h11-12H,1-10H2/t11-/m1/s1. The molecule has 2 saturated heterocycles. The molecule has 1 atom stereocenters. The molecule has 0 aliphatic carbocycles. The SMILES string of the molecule is C1CCN(C[C@H]2CNCCCO2)CC1. The zero-order chi connectivity index (χ0) is 9.64. The predicted molar refractivity (Wildman–Crippen MR) is 57.5 cm³/mol. The molecular weight excluding hydrogens is 176 g/mol. The second kappa shape index (κ2) is 5.69. The van der Waals surface area contributed by atoms with Gasteiger partial charge in [0.1, 0.15) is 0 Å². The van der Waals surface area contributed by atoms with Gasteiger partial charge >= 0.3 is 0 Å². The van der Waals surface area contributed by atoms with Gasteiger partial charge in [0.15, 0.2) is 0 Å². The second-order valence-corrected chi connectivity index (χ2v) is 4.41. The summed E-state index contributed by atoms with van der Waals surface area (Å²) in [5.74, 6) is 0. The molecule has 0 bridgehead atoms. The van der Waals surface area contributed by atoms with Crippen molar-refractivity contribution in [3.63, 3.8) is 0 Å². The first-order chi connectivity index (χ1) is 6.95. The molecule has 0 aromatic carbocycles. The quantitative estimate of drug-likeness (QED) is 0.712. The summed E-state index contributed by atoms with van der Waals surface area (Å²) in [6.45, 7) is 6.78. The van der Waals surface area contributed by atoms with Gasteiger partial charge in [-0.2, -0.15) is 0 Å². The van der Waals surface area contributed by atoms with E-state index in [2.05, 4.69) is 10.2 Å². The fourth-order valence-electron chi connectivity index (χ4n) is 2.32. The van der Waals surface area contributed by atoms with Crippen LogP contribution in [0.2, 0.25) is 0 Å². The summed E-state index contributed by atoms with van der Waals surface area (Å²) < 4.78 is 5.80. The van der Waals surface area contributed by atoms with E-state index in [0.29, 0.717) is 6.10 Å². The second-order valence-electron chi connectivity index (χ2n) is 4.41. The summed E-state index contributed by atoms with van der Waals surface area (Å²) in [6.07, 6.45) is 5.76.